The Morgan fingerprint density at radius 3 is 2.78 bits per heavy atom. The molecular weight excluding hydrogens is 312 g/mol. The van der Waals surface area contributed by atoms with Crippen LogP contribution in [0.3, 0.4) is 0 Å². The average Bonchev–Trinajstić information content (AvgIpc) is 2.97. The number of hydrogen-bond donors (Lipinski definition) is 0. The third-order valence-corrected chi connectivity index (χ3v) is 4.69. The van der Waals surface area contributed by atoms with Gasteiger partial charge in [0.15, 0.2) is 5.16 Å². The maximum atomic E-state index is 12.7. The third-order valence-electron chi connectivity index (χ3n) is 3.62. The van der Waals surface area contributed by atoms with Gasteiger partial charge in [0.05, 0.1) is 16.7 Å². The molecule has 23 heavy (non-hydrogen) atoms. The van der Waals surface area contributed by atoms with Crippen molar-refractivity contribution in [1.82, 2.24) is 19.2 Å². The number of nitrogens with zero attached hydrogens (tertiary/aromatic N) is 4. The molecule has 0 radical (unpaired) electrons. The smallest absolute Gasteiger partial charge is 0.262 e. The van der Waals surface area contributed by atoms with Crippen molar-refractivity contribution in [2.45, 2.75) is 38.4 Å². The van der Waals surface area contributed by atoms with E-state index in [-0.39, 0.29) is 11.3 Å². The molecule has 7 heteroatoms. The number of benzene rings is 1. The predicted octanol–water partition coefficient (Wildman–Crippen LogP) is 2.53. The van der Waals surface area contributed by atoms with Crippen molar-refractivity contribution in [2.75, 3.05) is 5.75 Å². The summed E-state index contributed by atoms with van der Waals surface area (Å²) in [5, 5.41) is 9.67. The largest absolute Gasteiger partial charge is 0.299 e. The second-order valence-corrected chi connectivity index (χ2v) is 6.38. The van der Waals surface area contributed by atoms with E-state index in [2.05, 4.69) is 17.1 Å². The van der Waals surface area contributed by atoms with Crippen molar-refractivity contribution in [1.29, 1.82) is 0 Å². The Morgan fingerprint density at radius 2 is 2.04 bits per heavy atom. The van der Waals surface area contributed by atoms with Crippen LogP contribution in [0.25, 0.3) is 16.7 Å². The first-order valence-corrected chi connectivity index (χ1v) is 8.61. The Morgan fingerprint density at radius 1 is 1.26 bits per heavy atom. The minimum atomic E-state index is -0.0444. The fourth-order valence-corrected chi connectivity index (χ4v) is 3.25. The van der Waals surface area contributed by atoms with E-state index in [9.17, 15) is 9.59 Å². The van der Waals surface area contributed by atoms with E-state index in [0.29, 0.717) is 28.6 Å². The Bertz CT molecular complexity index is 929. The Hall–Kier alpha value is -2.15. The van der Waals surface area contributed by atoms with Crippen LogP contribution in [0.4, 0.5) is 0 Å². The molecule has 0 atom stereocenters. The molecule has 0 unspecified atom stereocenters. The number of ketones is 1. The number of hydrogen-bond acceptors (Lipinski definition) is 5. The molecule has 0 bridgehead atoms. The van der Waals surface area contributed by atoms with Gasteiger partial charge >= 0.3 is 0 Å². The lowest BCUT2D eigenvalue weighted by atomic mass is 10.2. The highest BCUT2D eigenvalue weighted by Crippen LogP contribution is 2.21. The molecule has 0 aliphatic carbocycles. The SMILES string of the molecule is CCCCn1c(=O)c2ccccc2n2c(SCC(C)=O)nnc12. The topological polar surface area (TPSA) is 69.3 Å². The summed E-state index contributed by atoms with van der Waals surface area (Å²) < 4.78 is 3.55. The third kappa shape index (κ3) is 2.88. The summed E-state index contributed by atoms with van der Waals surface area (Å²) in [6, 6.07) is 7.44. The fourth-order valence-electron chi connectivity index (χ4n) is 2.51. The second kappa shape index (κ2) is 6.54. The van der Waals surface area contributed by atoms with Gasteiger partial charge in [-0.25, -0.2) is 0 Å². The fraction of sp³-hybridized carbons (Fsp3) is 0.375. The lowest BCUT2D eigenvalue weighted by molar-refractivity contribution is -0.114. The summed E-state index contributed by atoms with van der Waals surface area (Å²) >= 11 is 1.34. The second-order valence-electron chi connectivity index (χ2n) is 5.44. The van der Waals surface area contributed by atoms with Crippen molar-refractivity contribution in [2.24, 2.45) is 0 Å². The molecule has 0 N–H and O–H groups in total. The molecule has 3 aromatic rings. The van der Waals surface area contributed by atoms with Crippen molar-refractivity contribution in [3.63, 3.8) is 0 Å². The van der Waals surface area contributed by atoms with Crippen LogP contribution in [0, 0.1) is 0 Å². The number of Topliss-reactive ketones (excluding diaryl/α,β-unsaturated/α-hetero) is 1. The number of aromatic nitrogens is 4. The molecule has 2 aromatic heterocycles. The van der Waals surface area contributed by atoms with Gasteiger partial charge in [-0.2, -0.15) is 0 Å². The number of rotatable bonds is 6. The molecule has 120 valence electrons. The highest BCUT2D eigenvalue weighted by atomic mass is 32.2. The van der Waals surface area contributed by atoms with Crippen LogP contribution in [-0.4, -0.2) is 30.7 Å². The summed E-state index contributed by atoms with van der Waals surface area (Å²) in [7, 11) is 0. The van der Waals surface area contributed by atoms with Gasteiger partial charge in [0.25, 0.3) is 5.56 Å². The number of thioether (sulfide) groups is 1. The van der Waals surface area contributed by atoms with Gasteiger partial charge in [-0.3, -0.25) is 18.6 Å². The van der Waals surface area contributed by atoms with Gasteiger partial charge in [0.2, 0.25) is 5.78 Å². The van der Waals surface area contributed by atoms with Gasteiger partial charge in [0, 0.05) is 6.54 Å². The Kier molecular flexibility index (Phi) is 4.47. The molecule has 0 saturated carbocycles. The molecule has 1 aromatic carbocycles. The maximum Gasteiger partial charge on any atom is 0.262 e. The number of carbonyl (C=O) groups excluding carboxylic acids is 1. The summed E-state index contributed by atoms with van der Waals surface area (Å²) in [5.41, 5.74) is 0.730. The minimum absolute atomic E-state index is 0.0444. The highest BCUT2D eigenvalue weighted by Gasteiger charge is 2.16. The first-order chi connectivity index (χ1) is 11.1. The van der Waals surface area contributed by atoms with E-state index in [1.54, 1.807) is 11.5 Å². The quantitative estimate of drug-likeness (QED) is 0.650. The normalized spacial score (nSPS) is 11.4. The number of unbranched alkanes of at least 4 members (excludes halogenated alkanes) is 1. The first-order valence-electron chi connectivity index (χ1n) is 7.62. The van der Waals surface area contributed by atoms with Crippen LogP contribution in [0.5, 0.6) is 0 Å². The Balaban J connectivity index is 2.28. The lowest BCUT2D eigenvalue weighted by Crippen LogP contribution is -2.23. The van der Waals surface area contributed by atoms with Gasteiger partial charge in [0.1, 0.15) is 5.78 Å². The monoisotopic (exact) mass is 330 g/mol. The zero-order valence-corrected chi connectivity index (χ0v) is 14.0. The van der Waals surface area contributed by atoms with Crippen molar-refractivity contribution in [3.8, 4) is 0 Å². The molecule has 2 heterocycles. The van der Waals surface area contributed by atoms with Crippen LogP contribution in [0.1, 0.15) is 26.7 Å². The summed E-state index contributed by atoms with van der Waals surface area (Å²) in [6.45, 7) is 4.24. The lowest BCUT2D eigenvalue weighted by Gasteiger charge is -2.10. The van der Waals surface area contributed by atoms with Gasteiger partial charge in [-0.05, 0) is 25.5 Å². The molecule has 0 amide bonds. The number of carbonyl (C=O) groups is 1. The van der Waals surface area contributed by atoms with Crippen molar-refractivity contribution < 1.29 is 4.79 Å². The zero-order valence-electron chi connectivity index (χ0n) is 13.2. The van der Waals surface area contributed by atoms with E-state index in [0.717, 1.165) is 18.4 Å². The van der Waals surface area contributed by atoms with E-state index >= 15 is 0 Å². The predicted molar refractivity (Wildman–Crippen MR) is 91.1 cm³/mol. The first kappa shape index (κ1) is 15.7. The molecule has 0 fully saturated rings. The molecule has 0 spiro atoms. The van der Waals surface area contributed by atoms with E-state index in [4.69, 9.17) is 0 Å². The van der Waals surface area contributed by atoms with Crippen molar-refractivity contribution >= 4 is 34.2 Å². The maximum absolute atomic E-state index is 12.7. The van der Waals surface area contributed by atoms with Crippen LogP contribution in [0.15, 0.2) is 34.2 Å². The molecule has 3 rings (SSSR count). The molecular formula is C16H18N4O2S. The van der Waals surface area contributed by atoms with Crippen LogP contribution in [0.2, 0.25) is 0 Å². The molecule has 0 saturated heterocycles. The van der Waals surface area contributed by atoms with Gasteiger partial charge in [-0.1, -0.05) is 37.2 Å². The van der Waals surface area contributed by atoms with Crippen molar-refractivity contribution in [3.05, 3.63) is 34.6 Å². The van der Waals surface area contributed by atoms with E-state index in [1.807, 2.05) is 28.7 Å². The number of aryl methyl sites for hydroxylation is 1. The number of fused-ring (bicyclic) bond motifs is 3. The molecule has 0 aliphatic heterocycles. The van der Waals surface area contributed by atoms with Gasteiger partial charge in [-0.15, -0.1) is 10.2 Å². The summed E-state index contributed by atoms with van der Waals surface area (Å²) in [6.07, 6.45) is 1.89. The van der Waals surface area contributed by atoms with Crippen LogP contribution >= 0.6 is 11.8 Å². The highest BCUT2D eigenvalue weighted by molar-refractivity contribution is 7.99. The van der Waals surface area contributed by atoms with Gasteiger partial charge < -0.3 is 0 Å². The van der Waals surface area contributed by atoms with E-state index < -0.39 is 0 Å². The van der Waals surface area contributed by atoms with Crippen LogP contribution in [-0.2, 0) is 11.3 Å². The van der Waals surface area contributed by atoms with Crippen LogP contribution < -0.4 is 5.56 Å². The Labute approximate surface area is 137 Å². The standard InChI is InChI=1S/C16H18N4O2S/c1-3-4-9-19-14(22)12-7-5-6-8-13(12)20-15(19)17-18-16(20)23-10-11(2)21/h5-8H,3-4,9-10H2,1-2H3. The number of para-hydroxylation sites is 1. The minimum Gasteiger partial charge on any atom is -0.299 e. The zero-order chi connectivity index (χ0) is 16.4. The summed E-state index contributed by atoms with van der Waals surface area (Å²) in [5.74, 6) is 0.951. The molecule has 6 nitrogen and oxygen atoms in total. The summed E-state index contributed by atoms with van der Waals surface area (Å²) in [4.78, 5) is 24.0. The van der Waals surface area contributed by atoms with E-state index in [1.165, 1.54) is 11.8 Å². The molecule has 0 aliphatic rings. The average molecular weight is 330 g/mol.